The first-order valence-corrected chi connectivity index (χ1v) is 4.30. The summed E-state index contributed by atoms with van der Waals surface area (Å²) in [5.74, 6) is -2.26. The fourth-order valence-electron chi connectivity index (χ4n) is 1.11. The predicted octanol–water partition coefficient (Wildman–Crippen LogP) is -2.25. The number of carbonyl (C=O) groups is 1. The van der Waals surface area contributed by atoms with Gasteiger partial charge < -0.3 is 25.2 Å². The summed E-state index contributed by atoms with van der Waals surface area (Å²) in [5.41, 5.74) is 0. The van der Waals surface area contributed by atoms with E-state index >= 15 is 0 Å². The molecule has 13 heavy (non-hydrogen) atoms. The summed E-state index contributed by atoms with van der Waals surface area (Å²) in [4.78, 5) is 10.5. The van der Waals surface area contributed by atoms with Gasteiger partial charge in [-0.3, -0.25) is 0 Å². The highest BCUT2D eigenvalue weighted by Gasteiger charge is 2.45. The first-order chi connectivity index (χ1) is 5.95. The first kappa shape index (κ1) is 10.8. The highest BCUT2D eigenvalue weighted by atomic mass is 31.0. The molecule has 0 amide bonds. The number of rotatable bonds is 1. The van der Waals surface area contributed by atoms with E-state index in [1.165, 1.54) is 0 Å². The SMILES string of the molecule is O=C(O)C1OC(P)C(O)C(O)C1O. The van der Waals surface area contributed by atoms with E-state index < -0.39 is 36.2 Å². The van der Waals surface area contributed by atoms with Gasteiger partial charge in [0.2, 0.25) is 0 Å². The fraction of sp³-hybridized carbons (Fsp3) is 0.833. The van der Waals surface area contributed by atoms with Crippen LogP contribution in [0.1, 0.15) is 0 Å². The Balaban J connectivity index is 2.76. The maximum Gasteiger partial charge on any atom is 0.335 e. The maximum atomic E-state index is 10.5. The van der Waals surface area contributed by atoms with Crippen molar-refractivity contribution in [2.45, 2.75) is 30.3 Å². The van der Waals surface area contributed by atoms with Crippen LogP contribution in [-0.2, 0) is 9.53 Å². The average Bonchev–Trinajstić information content (AvgIpc) is 2.07. The lowest BCUT2D eigenvalue weighted by molar-refractivity contribution is -0.209. The second-order valence-corrected chi connectivity index (χ2v) is 3.49. The van der Waals surface area contributed by atoms with Gasteiger partial charge in [-0.05, 0) is 0 Å². The number of aliphatic hydroxyl groups excluding tert-OH is 3. The van der Waals surface area contributed by atoms with Crippen molar-refractivity contribution in [3.63, 3.8) is 0 Å². The van der Waals surface area contributed by atoms with E-state index in [1.807, 2.05) is 9.24 Å². The molecular weight excluding hydrogens is 199 g/mol. The van der Waals surface area contributed by atoms with Crippen molar-refractivity contribution in [2.24, 2.45) is 0 Å². The zero-order valence-corrected chi connectivity index (χ0v) is 7.72. The van der Waals surface area contributed by atoms with Gasteiger partial charge in [-0.2, -0.15) is 0 Å². The summed E-state index contributed by atoms with van der Waals surface area (Å²) < 4.78 is 4.75. The Morgan fingerprint density at radius 3 is 2.15 bits per heavy atom. The lowest BCUT2D eigenvalue weighted by Gasteiger charge is -2.37. The number of aliphatic hydroxyl groups is 3. The van der Waals surface area contributed by atoms with Crippen molar-refractivity contribution < 1.29 is 30.0 Å². The van der Waals surface area contributed by atoms with Crippen LogP contribution in [0.2, 0.25) is 0 Å². The molecule has 0 bridgehead atoms. The molecule has 0 saturated carbocycles. The normalized spacial score (nSPS) is 46.0. The van der Waals surface area contributed by atoms with Gasteiger partial charge in [-0.15, -0.1) is 9.24 Å². The Morgan fingerprint density at radius 1 is 1.15 bits per heavy atom. The second kappa shape index (κ2) is 3.86. The van der Waals surface area contributed by atoms with Crippen LogP contribution in [0.15, 0.2) is 0 Å². The van der Waals surface area contributed by atoms with Crippen molar-refractivity contribution in [3.8, 4) is 0 Å². The average molecular weight is 210 g/mol. The van der Waals surface area contributed by atoms with Gasteiger partial charge in [0.15, 0.2) is 6.10 Å². The van der Waals surface area contributed by atoms with Crippen molar-refractivity contribution in [1.29, 1.82) is 0 Å². The van der Waals surface area contributed by atoms with Crippen molar-refractivity contribution in [2.75, 3.05) is 0 Å². The molecule has 1 saturated heterocycles. The number of hydrogen-bond acceptors (Lipinski definition) is 5. The molecule has 76 valence electrons. The van der Waals surface area contributed by atoms with E-state index in [-0.39, 0.29) is 0 Å². The van der Waals surface area contributed by atoms with Gasteiger partial charge >= 0.3 is 5.97 Å². The van der Waals surface area contributed by atoms with Crippen LogP contribution in [0.5, 0.6) is 0 Å². The summed E-state index contributed by atoms with van der Waals surface area (Å²) in [7, 11) is 2.05. The van der Waals surface area contributed by atoms with Gasteiger partial charge in [0, 0.05) is 0 Å². The third-order valence-electron chi connectivity index (χ3n) is 1.89. The Hall–Kier alpha value is -0.260. The largest absolute Gasteiger partial charge is 0.479 e. The molecule has 6 atom stereocenters. The van der Waals surface area contributed by atoms with Crippen LogP contribution in [0.4, 0.5) is 0 Å². The molecule has 6 unspecified atom stereocenters. The summed E-state index contributed by atoms with van der Waals surface area (Å²) in [6.07, 6.45) is -5.90. The van der Waals surface area contributed by atoms with E-state index in [2.05, 4.69) is 0 Å². The minimum absolute atomic E-state index is 0.889. The molecule has 1 aliphatic heterocycles. The highest BCUT2D eigenvalue weighted by molar-refractivity contribution is 7.17. The van der Waals surface area contributed by atoms with Crippen LogP contribution in [0.25, 0.3) is 0 Å². The Labute approximate surface area is 76.3 Å². The summed E-state index contributed by atoms with van der Waals surface area (Å²) in [5, 5.41) is 36.1. The number of aliphatic carboxylic acids is 1. The van der Waals surface area contributed by atoms with Gasteiger partial charge in [-0.1, -0.05) is 0 Å². The van der Waals surface area contributed by atoms with Gasteiger partial charge in [0.1, 0.15) is 24.2 Å². The number of hydrogen-bond donors (Lipinski definition) is 4. The molecule has 0 spiro atoms. The highest BCUT2D eigenvalue weighted by Crippen LogP contribution is 2.24. The third kappa shape index (κ3) is 1.98. The van der Waals surface area contributed by atoms with Crippen molar-refractivity contribution in [1.82, 2.24) is 0 Å². The number of ether oxygens (including phenoxy) is 1. The van der Waals surface area contributed by atoms with Crippen LogP contribution in [0.3, 0.4) is 0 Å². The summed E-state index contributed by atoms with van der Waals surface area (Å²) in [6, 6.07) is 0. The predicted molar refractivity (Wildman–Crippen MR) is 44.0 cm³/mol. The zero-order valence-electron chi connectivity index (χ0n) is 6.57. The number of carboxylic acids is 1. The molecule has 1 fully saturated rings. The fourth-order valence-corrected chi connectivity index (χ4v) is 1.51. The quantitative estimate of drug-likeness (QED) is 0.364. The molecular formula is C6H11O6P. The second-order valence-electron chi connectivity index (χ2n) is 2.83. The van der Waals surface area contributed by atoms with Gasteiger partial charge in [-0.25, -0.2) is 4.79 Å². The lowest BCUT2D eigenvalue weighted by atomic mass is 10.0. The van der Waals surface area contributed by atoms with Crippen LogP contribution < -0.4 is 0 Å². The molecule has 1 heterocycles. The minimum Gasteiger partial charge on any atom is -0.479 e. The minimum atomic E-state index is -1.61. The van der Waals surface area contributed by atoms with E-state index in [1.54, 1.807) is 0 Å². The van der Waals surface area contributed by atoms with Gasteiger partial charge in [0.05, 0.1) is 0 Å². The Bertz CT molecular complexity index is 209. The summed E-state index contributed by atoms with van der Waals surface area (Å²) in [6.45, 7) is 0. The van der Waals surface area contributed by atoms with Crippen molar-refractivity contribution >= 4 is 15.2 Å². The van der Waals surface area contributed by atoms with Crippen LogP contribution in [-0.4, -0.2) is 56.7 Å². The van der Waals surface area contributed by atoms with Crippen LogP contribution >= 0.6 is 9.24 Å². The zero-order chi connectivity index (χ0) is 10.2. The molecule has 0 aromatic heterocycles. The molecule has 6 nitrogen and oxygen atoms in total. The van der Waals surface area contributed by atoms with E-state index in [0.717, 1.165) is 0 Å². The van der Waals surface area contributed by atoms with Crippen LogP contribution in [0, 0.1) is 0 Å². The maximum absolute atomic E-state index is 10.5. The Kier molecular flexibility index (Phi) is 3.21. The molecule has 1 rings (SSSR count). The molecule has 0 aromatic carbocycles. The molecule has 1 aliphatic rings. The molecule has 0 radical (unpaired) electrons. The molecule has 7 heteroatoms. The lowest BCUT2D eigenvalue weighted by Crippen LogP contribution is -2.58. The summed E-state index contributed by atoms with van der Waals surface area (Å²) >= 11 is 0. The standard InChI is InChI=1S/C6H11O6P/c7-1-2(8)4(5(10)11)12-6(13)3(1)9/h1-4,6-9H,13H2,(H,10,11). The third-order valence-corrected chi connectivity index (χ3v) is 2.45. The van der Waals surface area contributed by atoms with E-state index in [4.69, 9.17) is 14.9 Å². The first-order valence-electron chi connectivity index (χ1n) is 3.63. The van der Waals surface area contributed by atoms with E-state index in [0.29, 0.717) is 0 Å². The molecule has 0 aromatic rings. The molecule has 4 N–H and O–H groups in total. The van der Waals surface area contributed by atoms with Gasteiger partial charge in [0.25, 0.3) is 0 Å². The number of carboxylic acid groups (broad SMARTS) is 1. The smallest absolute Gasteiger partial charge is 0.335 e. The monoisotopic (exact) mass is 210 g/mol. The van der Waals surface area contributed by atoms with Crippen molar-refractivity contribution in [3.05, 3.63) is 0 Å². The Morgan fingerprint density at radius 2 is 1.69 bits per heavy atom. The topological polar surface area (TPSA) is 107 Å². The van der Waals surface area contributed by atoms with E-state index in [9.17, 15) is 15.0 Å². The molecule has 0 aliphatic carbocycles.